The predicted octanol–water partition coefficient (Wildman–Crippen LogP) is 2.52. The third-order valence-electron chi connectivity index (χ3n) is 6.46. The maximum absolute atomic E-state index is 13.8. The molecule has 0 radical (unpaired) electrons. The van der Waals surface area contributed by atoms with Gasteiger partial charge in [-0.05, 0) is 25.7 Å². The van der Waals surface area contributed by atoms with E-state index >= 15 is 0 Å². The molecule has 0 spiro atoms. The van der Waals surface area contributed by atoms with Gasteiger partial charge in [0.1, 0.15) is 17.5 Å². The zero-order valence-corrected chi connectivity index (χ0v) is 16.8. The molecule has 5 rings (SSSR count). The normalized spacial score (nSPS) is 23.8. The van der Waals surface area contributed by atoms with E-state index in [-0.39, 0.29) is 24.4 Å². The van der Waals surface area contributed by atoms with E-state index < -0.39 is 70.5 Å². The van der Waals surface area contributed by atoms with E-state index in [2.05, 4.69) is 0 Å². The summed E-state index contributed by atoms with van der Waals surface area (Å²) in [6.45, 7) is 0.142. The zero-order chi connectivity index (χ0) is 22.7. The number of amides is 1. The Balaban J connectivity index is 1.44. The fourth-order valence-electron chi connectivity index (χ4n) is 4.94. The summed E-state index contributed by atoms with van der Waals surface area (Å²) in [6.07, 6.45) is 2.14. The minimum absolute atomic E-state index is 0.0173. The summed E-state index contributed by atoms with van der Waals surface area (Å²) < 4.78 is 48.0. The third kappa shape index (κ3) is 3.21. The molecule has 1 aliphatic carbocycles. The Hall–Kier alpha value is -3.14. The van der Waals surface area contributed by atoms with Crippen molar-refractivity contribution in [1.82, 2.24) is 9.47 Å². The fourth-order valence-corrected chi connectivity index (χ4v) is 4.94. The lowest BCUT2D eigenvalue weighted by Gasteiger charge is -2.44. The molecule has 3 aliphatic rings. The van der Waals surface area contributed by atoms with Crippen LogP contribution in [0.3, 0.4) is 0 Å². The maximum atomic E-state index is 13.8. The molecule has 7 nitrogen and oxygen atoms in total. The van der Waals surface area contributed by atoms with Crippen LogP contribution in [0.15, 0.2) is 23.1 Å². The second-order valence-electron chi connectivity index (χ2n) is 8.38. The number of ketones is 1. The van der Waals surface area contributed by atoms with Gasteiger partial charge in [-0.15, -0.1) is 0 Å². The molecule has 168 valence electrons. The topological polar surface area (TPSA) is 88.8 Å². The average molecular weight is 448 g/mol. The first-order valence-corrected chi connectivity index (χ1v) is 10.4. The minimum Gasteiger partial charge on any atom is -0.503 e. The highest BCUT2D eigenvalue weighted by molar-refractivity contribution is 6.00. The first-order chi connectivity index (χ1) is 15.2. The molecule has 1 amide bonds. The summed E-state index contributed by atoms with van der Waals surface area (Å²) in [5, 5.41) is 10.5. The molecule has 2 aliphatic heterocycles. The standard InChI is InChI=1S/C22H19F3N2O5/c23-10-5-15(24)13(16(25)6-10)3-4-17(28)14-8-26-9-18-27(11-1-2-12(7-11)32-18)22(31)19(26)21(30)20(14)29/h5-6,8,11-12,18,30H,1-4,7,9H2/t11-,12+,18+/m0/s1. The number of nitrogens with zero attached hydrogens (tertiary/aromatic N) is 2. The fraction of sp³-hybridized carbons (Fsp3) is 0.409. The van der Waals surface area contributed by atoms with Gasteiger partial charge in [-0.2, -0.15) is 0 Å². The lowest BCUT2D eigenvalue weighted by atomic mass is 10.0. The number of aromatic hydroxyl groups is 1. The summed E-state index contributed by atoms with van der Waals surface area (Å²) in [5.41, 5.74) is -2.09. The monoisotopic (exact) mass is 448 g/mol. The molecule has 1 aromatic heterocycles. The Kier molecular flexibility index (Phi) is 4.85. The van der Waals surface area contributed by atoms with E-state index in [1.807, 2.05) is 0 Å². The number of halogens is 3. The lowest BCUT2D eigenvalue weighted by Crippen LogP contribution is -2.57. The van der Waals surface area contributed by atoms with Crippen molar-refractivity contribution in [2.24, 2.45) is 0 Å². The highest BCUT2D eigenvalue weighted by Gasteiger charge is 2.47. The maximum Gasteiger partial charge on any atom is 0.276 e. The van der Waals surface area contributed by atoms with E-state index in [4.69, 9.17) is 4.74 Å². The number of fused-ring (bicyclic) bond motifs is 5. The van der Waals surface area contributed by atoms with Gasteiger partial charge < -0.3 is 19.3 Å². The van der Waals surface area contributed by atoms with Gasteiger partial charge in [0.25, 0.3) is 5.91 Å². The van der Waals surface area contributed by atoms with Gasteiger partial charge in [-0.25, -0.2) is 13.2 Å². The molecule has 2 bridgehead atoms. The van der Waals surface area contributed by atoms with Crippen molar-refractivity contribution in [3.05, 3.63) is 62.8 Å². The molecule has 0 unspecified atom stereocenters. The smallest absolute Gasteiger partial charge is 0.276 e. The SMILES string of the molecule is O=C(CCc1c(F)cc(F)cc1F)c1cn2c(c(O)c1=O)C(=O)N1[C@H]3CC[C@H](C3)O[C@@H]1C2. The molecule has 3 heterocycles. The second-order valence-corrected chi connectivity index (χ2v) is 8.38. The van der Waals surface area contributed by atoms with Crippen LogP contribution in [0.1, 0.15) is 52.1 Å². The van der Waals surface area contributed by atoms with Crippen molar-refractivity contribution in [3.63, 3.8) is 0 Å². The number of hydrogen-bond acceptors (Lipinski definition) is 5. The van der Waals surface area contributed by atoms with Gasteiger partial charge in [-0.3, -0.25) is 14.4 Å². The average Bonchev–Trinajstić information content (AvgIpc) is 3.10. The van der Waals surface area contributed by atoms with E-state index in [1.54, 1.807) is 4.90 Å². The Morgan fingerprint density at radius 1 is 1.16 bits per heavy atom. The Bertz CT molecular complexity index is 1190. The lowest BCUT2D eigenvalue weighted by molar-refractivity contribution is -0.132. The summed E-state index contributed by atoms with van der Waals surface area (Å²) in [7, 11) is 0. The number of carbonyl (C=O) groups is 2. The molecule has 1 N–H and O–H groups in total. The van der Waals surface area contributed by atoms with Gasteiger partial charge in [0, 0.05) is 36.4 Å². The van der Waals surface area contributed by atoms with Crippen LogP contribution in [0.25, 0.3) is 0 Å². The highest BCUT2D eigenvalue weighted by Crippen LogP contribution is 2.38. The molecule has 10 heteroatoms. The number of carbonyl (C=O) groups excluding carboxylic acids is 2. The Morgan fingerprint density at radius 3 is 2.59 bits per heavy atom. The van der Waals surface area contributed by atoms with Crippen LogP contribution in [0, 0.1) is 17.5 Å². The quantitative estimate of drug-likeness (QED) is 0.727. The van der Waals surface area contributed by atoms with Gasteiger partial charge >= 0.3 is 0 Å². The predicted molar refractivity (Wildman–Crippen MR) is 104 cm³/mol. The molecule has 1 aromatic carbocycles. The van der Waals surface area contributed by atoms with Gasteiger partial charge in [0.15, 0.2) is 23.5 Å². The molecule has 32 heavy (non-hydrogen) atoms. The summed E-state index contributed by atoms with van der Waals surface area (Å²) in [5.74, 6) is -5.47. The van der Waals surface area contributed by atoms with Crippen molar-refractivity contribution in [3.8, 4) is 5.75 Å². The number of aromatic nitrogens is 1. The van der Waals surface area contributed by atoms with Gasteiger partial charge in [-0.1, -0.05) is 0 Å². The Morgan fingerprint density at radius 2 is 1.88 bits per heavy atom. The van der Waals surface area contributed by atoms with E-state index in [1.165, 1.54) is 10.8 Å². The largest absolute Gasteiger partial charge is 0.503 e. The van der Waals surface area contributed by atoms with Crippen LogP contribution in [-0.2, 0) is 17.7 Å². The number of rotatable bonds is 4. The van der Waals surface area contributed by atoms with E-state index in [0.29, 0.717) is 18.6 Å². The summed E-state index contributed by atoms with van der Waals surface area (Å²) >= 11 is 0. The van der Waals surface area contributed by atoms with Crippen molar-refractivity contribution in [2.75, 3.05) is 0 Å². The van der Waals surface area contributed by atoms with Crippen LogP contribution in [0.5, 0.6) is 5.75 Å². The number of benzene rings is 1. The van der Waals surface area contributed by atoms with Crippen molar-refractivity contribution >= 4 is 11.7 Å². The summed E-state index contributed by atoms with van der Waals surface area (Å²) in [4.78, 5) is 39.9. The van der Waals surface area contributed by atoms with Crippen molar-refractivity contribution in [2.45, 2.75) is 57.0 Å². The van der Waals surface area contributed by atoms with Crippen LogP contribution in [-0.4, -0.2) is 44.6 Å². The molecule has 2 aromatic rings. The first-order valence-electron chi connectivity index (χ1n) is 10.4. The zero-order valence-electron chi connectivity index (χ0n) is 16.8. The molecular weight excluding hydrogens is 429 g/mol. The van der Waals surface area contributed by atoms with Gasteiger partial charge in [0.2, 0.25) is 5.43 Å². The molecule has 2 fully saturated rings. The van der Waals surface area contributed by atoms with Crippen molar-refractivity contribution < 1.29 is 32.6 Å². The molecule has 1 saturated carbocycles. The number of hydrogen-bond donors (Lipinski definition) is 1. The highest BCUT2D eigenvalue weighted by atomic mass is 19.1. The summed E-state index contributed by atoms with van der Waals surface area (Å²) in [6, 6.07) is 1.00. The van der Waals surface area contributed by atoms with Crippen LogP contribution in [0.4, 0.5) is 13.2 Å². The van der Waals surface area contributed by atoms with E-state index in [9.17, 15) is 32.7 Å². The van der Waals surface area contributed by atoms with Crippen LogP contribution >= 0.6 is 0 Å². The number of pyridine rings is 1. The molecular formula is C22H19F3N2O5. The van der Waals surface area contributed by atoms with Crippen molar-refractivity contribution in [1.29, 1.82) is 0 Å². The molecule has 3 atom stereocenters. The van der Waals surface area contributed by atoms with Gasteiger partial charge in [0.05, 0.1) is 18.2 Å². The number of Topliss-reactive ketones (excluding diaryl/α,β-unsaturated/α-hetero) is 1. The first kappa shape index (κ1) is 20.7. The van der Waals surface area contributed by atoms with Crippen LogP contribution in [0.2, 0.25) is 0 Å². The van der Waals surface area contributed by atoms with Crippen LogP contribution < -0.4 is 5.43 Å². The van der Waals surface area contributed by atoms with E-state index in [0.717, 1.165) is 12.8 Å². The third-order valence-corrected chi connectivity index (χ3v) is 6.46. The second kappa shape index (κ2) is 7.47. The molecule has 1 saturated heterocycles. The number of ether oxygens (including phenoxy) is 1. The minimum atomic E-state index is -1.13. The Labute approximate surface area is 180 Å².